The monoisotopic (exact) mass is 278 g/mol. The van der Waals surface area contributed by atoms with Gasteiger partial charge in [0.25, 0.3) is 0 Å². The highest BCUT2D eigenvalue weighted by molar-refractivity contribution is 5.81. The molecular formula is C15H22N2O3. The second kappa shape index (κ2) is 7.65. The first-order valence-electron chi connectivity index (χ1n) is 6.60. The number of benzene rings is 1. The van der Waals surface area contributed by atoms with Gasteiger partial charge in [-0.15, -0.1) is 0 Å². The van der Waals surface area contributed by atoms with Crippen molar-refractivity contribution in [1.82, 2.24) is 5.32 Å². The molecule has 1 rings (SSSR count). The van der Waals surface area contributed by atoms with E-state index in [1.165, 1.54) is 7.11 Å². The van der Waals surface area contributed by atoms with Crippen LogP contribution in [0.25, 0.3) is 0 Å². The fourth-order valence-corrected chi connectivity index (χ4v) is 1.86. The van der Waals surface area contributed by atoms with Crippen molar-refractivity contribution in [1.29, 1.82) is 0 Å². The third-order valence-corrected chi connectivity index (χ3v) is 2.98. The van der Waals surface area contributed by atoms with Gasteiger partial charge in [0.15, 0.2) is 0 Å². The Hall–Kier alpha value is -1.88. The van der Waals surface area contributed by atoms with E-state index in [0.717, 1.165) is 11.1 Å². The smallest absolute Gasteiger partial charge is 0.314 e. The molecule has 0 aliphatic carbocycles. The van der Waals surface area contributed by atoms with Crippen LogP contribution in [0.4, 0.5) is 0 Å². The van der Waals surface area contributed by atoms with Crippen molar-refractivity contribution in [2.45, 2.75) is 32.2 Å². The number of nitrogens with two attached hydrogens (primary N) is 1. The number of esters is 1. The van der Waals surface area contributed by atoms with Gasteiger partial charge >= 0.3 is 5.97 Å². The second-order valence-corrected chi connectivity index (χ2v) is 4.97. The molecule has 1 aromatic rings. The van der Waals surface area contributed by atoms with Gasteiger partial charge in [-0.3, -0.25) is 9.59 Å². The highest BCUT2D eigenvalue weighted by Crippen LogP contribution is 2.17. The quantitative estimate of drug-likeness (QED) is 0.764. The van der Waals surface area contributed by atoms with E-state index in [2.05, 4.69) is 5.32 Å². The minimum atomic E-state index is -0.502. The van der Waals surface area contributed by atoms with E-state index >= 15 is 0 Å². The number of amides is 1. The van der Waals surface area contributed by atoms with Crippen LogP contribution in [0.3, 0.4) is 0 Å². The van der Waals surface area contributed by atoms with Crippen molar-refractivity contribution in [3.63, 3.8) is 0 Å². The van der Waals surface area contributed by atoms with Crippen molar-refractivity contribution in [3.05, 3.63) is 35.4 Å². The highest BCUT2D eigenvalue weighted by atomic mass is 16.5. The van der Waals surface area contributed by atoms with Crippen LogP contribution in [0.15, 0.2) is 24.3 Å². The normalized spacial score (nSPS) is 13.4. The molecule has 0 aromatic heterocycles. The molecule has 1 aromatic carbocycles. The van der Waals surface area contributed by atoms with Gasteiger partial charge in [0.05, 0.1) is 13.0 Å². The summed E-state index contributed by atoms with van der Waals surface area (Å²) in [5.74, 6) is -1.03. The Bertz CT molecular complexity index is 455. The Balaban J connectivity index is 2.73. The zero-order chi connectivity index (χ0) is 15.1. The van der Waals surface area contributed by atoms with Gasteiger partial charge in [-0.2, -0.15) is 0 Å². The molecule has 2 atom stereocenters. The van der Waals surface area contributed by atoms with E-state index in [9.17, 15) is 9.59 Å². The molecule has 0 fully saturated rings. The van der Waals surface area contributed by atoms with Gasteiger partial charge in [-0.05, 0) is 19.4 Å². The lowest BCUT2D eigenvalue weighted by Gasteiger charge is -2.16. The number of nitrogens with one attached hydrogen (secondary N) is 1. The summed E-state index contributed by atoms with van der Waals surface area (Å²) in [6.45, 7) is 3.94. The summed E-state index contributed by atoms with van der Waals surface area (Å²) in [4.78, 5) is 23.4. The topological polar surface area (TPSA) is 81.4 Å². The first-order valence-corrected chi connectivity index (χ1v) is 6.60. The van der Waals surface area contributed by atoms with E-state index in [1.807, 2.05) is 31.2 Å². The molecule has 0 aliphatic heterocycles. The van der Waals surface area contributed by atoms with E-state index in [4.69, 9.17) is 10.5 Å². The Morgan fingerprint density at radius 3 is 2.40 bits per heavy atom. The average Bonchev–Trinajstić information content (AvgIpc) is 2.39. The van der Waals surface area contributed by atoms with Crippen molar-refractivity contribution in [2.75, 3.05) is 13.7 Å². The zero-order valence-corrected chi connectivity index (χ0v) is 12.2. The maximum atomic E-state index is 11.8. The third kappa shape index (κ3) is 5.01. The van der Waals surface area contributed by atoms with E-state index in [-0.39, 0.29) is 30.9 Å². The summed E-state index contributed by atoms with van der Waals surface area (Å²) in [6.07, 6.45) is 0.238. The lowest BCUT2D eigenvalue weighted by molar-refractivity contribution is -0.142. The predicted octanol–water partition coefficient (Wildman–Crippen LogP) is 1.11. The lowest BCUT2D eigenvalue weighted by Crippen LogP contribution is -2.35. The molecule has 20 heavy (non-hydrogen) atoms. The molecule has 110 valence electrons. The van der Waals surface area contributed by atoms with E-state index in [0.29, 0.717) is 0 Å². The van der Waals surface area contributed by atoms with Gasteiger partial charge in [0, 0.05) is 19.0 Å². The first kappa shape index (κ1) is 16.2. The number of rotatable bonds is 6. The average molecular weight is 278 g/mol. The van der Waals surface area contributed by atoms with Crippen molar-refractivity contribution in [3.8, 4) is 0 Å². The van der Waals surface area contributed by atoms with Crippen molar-refractivity contribution in [2.24, 2.45) is 5.73 Å². The minimum Gasteiger partial charge on any atom is -0.468 e. The molecule has 2 unspecified atom stereocenters. The largest absolute Gasteiger partial charge is 0.468 e. The fraction of sp³-hybridized carbons (Fsp3) is 0.467. The van der Waals surface area contributed by atoms with Crippen molar-refractivity contribution >= 4 is 11.9 Å². The summed E-state index contributed by atoms with van der Waals surface area (Å²) in [5.41, 5.74) is 7.49. The van der Waals surface area contributed by atoms with E-state index in [1.54, 1.807) is 6.92 Å². The molecule has 0 aliphatic rings. The van der Waals surface area contributed by atoms with Crippen LogP contribution >= 0.6 is 0 Å². The van der Waals surface area contributed by atoms with Crippen LogP contribution in [0.1, 0.15) is 30.4 Å². The van der Waals surface area contributed by atoms with Crippen LogP contribution in [-0.4, -0.2) is 31.6 Å². The molecule has 0 saturated carbocycles. The van der Waals surface area contributed by atoms with Crippen LogP contribution in [-0.2, 0) is 14.3 Å². The van der Waals surface area contributed by atoms with Gasteiger partial charge in [0.1, 0.15) is 0 Å². The van der Waals surface area contributed by atoms with Crippen LogP contribution in [0.5, 0.6) is 0 Å². The van der Waals surface area contributed by atoms with Gasteiger partial charge in [-0.25, -0.2) is 0 Å². The number of ether oxygens (including phenoxy) is 1. The number of aryl methyl sites for hydroxylation is 1. The minimum absolute atomic E-state index is 0.166. The first-order chi connectivity index (χ1) is 9.43. The molecular weight excluding hydrogens is 256 g/mol. The number of methoxy groups -OCH3 is 1. The second-order valence-electron chi connectivity index (χ2n) is 4.97. The maximum absolute atomic E-state index is 11.8. The summed E-state index contributed by atoms with van der Waals surface area (Å²) >= 11 is 0. The molecule has 0 saturated heterocycles. The van der Waals surface area contributed by atoms with Crippen LogP contribution < -0.4 is 11.1 Å². The SMILES string of the molecule is COC(=O)C(CNC(=O)CC(C)N)c1ccc(C)cc1. The highest BCUT2D eigenvalue weighted by Gasteiger charge is 2.22. The van der Waals surface area contributed by atoms with Gasteiger partial charge in [0.2, 0.25) is 5.91 Å². The molecule has 0 radical (unpaired) electrons. The Morgan fingerprint density at radius 2 is 1.90 bits per heavy atom. The van der Waals surface area contributed by atoms with E-state index < -0.39 is 5.92 Å². The Kier molecular flexibility index (Phi) is 6.18. The molecule has 5 nitrogen and oxygen atoms in total. The molecule has 3 N–H and O–H groups in total. The summed E-state index contributed by atoms with van der Waals surface area (Å²) < 4.78 is 4.80. The Morgan fingerprint density at radius 1 is 1.30 bits per heavy atom. The predicted molar refractivity (Wildman–Crippen MR) is 77.2 cm³/mol. The number of carbonyl (C=O) groups is 2. The summed E-state index contributed by atoms with van der Waals surface area (Å²) in [6, 6.07) is 7.39. The van der Waals surface area contributed by atoms with Gasteiger partial charge < -0.3 is 15.8 Å². The summed E-state index contributed by atoms with van der Waals surface area (Å²) in [7, 11) is 1.34. The standard InChI is InChI=1S/C15H22N2O3/c1-10-4-6-12(7-5-10)13(15(19)20-3)9-17-14(18)8-11(2)16/h4-7,11,13H,8-9,16H2,1-3H3,(H,17,18). The third-order valence-electron chi connectivity index (χ3n) is 2.98. The molecule has 1 amide bonds. The van der Waals surface area contributed by atoms with Crippen LogP contribution in [0.2, 0.25) is 0 Å². The Labute approximate surface area is 119 Å². The van der Waals surface area contributed by atoms with Crippen LogP contribution in [0, 0.1) is 6.92 Å². The van der Waals surface area contributed by atoms with Gasteiger partial charge in [-0.1, -0.05) is 29.8 Å². The number of hydrogen-bond acceptors (Lipinski definition) is 4. The fourth-order valence-electron chi connectivity index (χ4n) is 1.86. The molecule has 0 heterocycles. The number of hydrogen-bond donors (Lipinski definition) is 2. The number of carbonyl (C=O) groups excluding carboxylic acids is 2. The lowest BCUT2D eigenvalue weighted by atomic mass is 9.98. The summed E-state index contributed by atoms with van der Waals surface area (Å²) in [5, 5.41) is 2.72. The van der Waals surface area contributed by atoms with Crippen molar-refractivity contribution < 1.29 is 14.3 Å². The maximum Gasteiger partial charge on any atom is 0.314 e. The zero-order valence-electron chi connectivity index (χ0n) is 12.2. The molecule has 5 heteroatoms. The molecule has 0 spiro atoms. The molecule has 0 bridgehead atoms.